The summed E-state index contributed by atoms with van der Waals surface area (Å²) in [6.07, 6.45) is 0.775. The van der Waals surface area contributed by atoms with Crippen LogP contribution in [0.1, 0.15) is 18.9 Å². The van der Waals surface area contributed by atoms with Crippen molar-refractivity contribution in [3.63, 3.8) is 0 Å². The van der Waals surface area contributed by atoms with Crippen molar-refractivity contribution in [3.8, 4) is 0 Å². The SMILES string of the molecule is [CH3][Fe][c]1ccc(C2=C(C)CCN(S(=O)(=O)c3ccccc3)C2)cc1. The molecule has 0 aliphatic carbocycles. The summed E-state index contributed by atoms with van der Waals surface area (Å²) in [4.78, 5) is 0.366. The van der Waals surface area contributed by atoms with Crippen molar-refractivity contribution in [2.24, 2.45) is 0 Å². The molecular weight excluding hydrogens is 362 g/mol. The summed E-state index contributed by atoms with van der Waals surface area (Å²) in [5.74, 6) is 2.13. The molecule has 0 spiro atoms. The maximum absolute atomic E-state index is 12.9. The van der Waals surface area contributed by atoms with Crippen LogP contribution in [-0.4, -0.2) is 25.8 Å². The van der Waals surface area contributed by atoms with Gasteiger partial charge >= 0.3 is 151 Å². The second kappa shape index (κ2) is 7.24. The van der Waals surface area contributed by atoms with Gasteiger partial charge in [-0.3, -0.25) is 0 Å². The van der Waals surface area contributed by atoms with E-state index in [0.29, 0.717) is 18.0 Å². The van der Waals surface area contributed by atoms with E-state index >= 15 is 0 Å². The van der Waals surface area contributed by atoms with Gasteiger partial charge in [0.15, 0.2) is 0 Å². The van der Waals surface area contributed by atoms with E-state index in [-0.39, 0.29) is 0 Å². The summed E-state index contributed by atoms with van der Waals surface area (Å²) in [5.41, 5.74) is 3.53. The van der Waals surface area contributed by atoms with Crippen LogP contribution in [0.2, 0.25) is 5.82 Å². The number of benzene rings is 2. The molecule has 2 aromatic carbocycles. The Kier molecular flexibility index (Phi) is 5.26. The van der Waals surface area contributed by atoms with Gasteiger partial charge in [-0.1, -0.05) is 0 Å². The molecule has 0 N–H and O–H groups in total. The summed E-state index contributed by atoms with van der Waals surface area (Å²) in [5, 5.41) is 0. The number of rotatable bonds is 4. The van der Waals surface area contributed by atoms with Crippen LogP contribution in [0.15, 0.2) is 65.1 Å². The first-order valence-corrected chi connectivity index (χ1v) is 10.9. The van der Waals surface area contributed by atoms with Gasteiger partial charge in [-0.2, -0.15) is 0 Å². The van der Waals surface area contributed by atoms with Crippen molar-refractivity contribution in [1.82, 2.24) is 4.31 Å². The van der Waals surface area contributed by atoms with Gasteiger partial charge < -0.3 is 0 Å². The van der Waals surface area contributed by atoms with Gasteiger partial charge in [0, 0.05) is 0 Å². The maximum atomic E-state index is 12.9. The van der Waals surface area contributed by atoms with Gasteiger partial charge in [-0.05, 0) is 0 Å². The Balaban J connectivity index is 1.90. The molecule has 0 saturated heterocycles. The standard InChI is InChI=1S/C18H18NO2S.CH3.Fe/c1-15-12-13-19(14-18(15)16-8-4-2-5-9-16)22(20,21)17-10-6-3-7-11-17;;/h3-11H,12-14H2,1H3;1H3;. The minimum absolute atomic E-state index is 0.366. The number of hydrogen-bond donors (Lipinski definition) is 0. The zero-order valence-corrected chi connectivity index (χ0v) is 15.8. The molecule has 24 heavy (non-hydrogen) atoms. The Morgan fingerprint density at radius 1 is 1.00 bits per heavy atom. The quantitative estimate of drug-likeness (QED) is 0.760. The Morgan fingerprint density at radius 2 is 1.67 bits per heavy atom. The van der Waals surface area contributed by atoms with Gasteiger partial charge in [-0.15, -0.1) is 0 Å². The van der Waals surface area contributed by atoms with Crippen LogP contribution < -0.4 is 4.46 Å². The molecule has 1 aliphatic heterocycles. The zero-order chi connectivity index (χ0) is 17.2. The third-order valence-corrected chi connectivity index (χ3v) is 7.22. The van der Waals surface area contributed by atoms with Crippen LogP contribution in [0.25, 0.3) is 5.57 Å². The Morgan fingerprint density at radius 3 is 2.29 bits per heavy atom. The molecule has 0 radical (unpaired) electrons. The Hall–Kier alpha value is -1.39. The number of sulfonamides is 1. The van der Waals surface area contributed by atoms with Crippen LogP contribution in [0, 0.1) is 0 Å². The van der Waals surface area contributed by atoms with E-state index in [4.69, 9.17) is 0 Å². The summed E-state index contributed by atoms with van der Waals surface area (Å²) in [6, 6.07) is 17.2. The van der Waals surface area contributed by atoms with E-state index < -0.39 is 10.0 Å². The summed E-state index contributed by atoms with van der Waals surface area (Å²) in [7, 11) is -3.44. The molecule has 0 fully saturated rings. The van der Waals surface area contributed by atoms with Crippen molar-refractivity contribution in [2.45, 2.75) is 24.1 Å². The first-order chi connectivity index (χ1) is 11.5. The van der Waals surface area contributed by atoms with Crippen molar-refractivity contribution >= 4 is 20.1 Å². The normalized spacial score (nSPS) is 16.6. The van der Waals surface area contributed by atoms with Crippen molar-refractivity contribution < 1.29 is 23.4 Å². The van der Waals surface area contributed by atoms with Crippen molar-refractivity contribution in [2.75, 3.05) is 13.1 Å². The van der Waals surface area contributed by atoms with Crippen LogP contribution in [-0.2, 0) is 25.0 Å². The minimum atomic E-state index is -3.44. The third-order valence-electron chi connectivity index (χ3n) is 4.36. The molecule has 1 heterocycles. The zero-order valence-electron chi connectivity index (χ0n) is 13.8. The molecule has 0 saturated carbocycles. The molecule has 1 aliphatic rings. The van der Waals surface area contributed by atoms with E-state index in [2.05, 4.69) is 37.0 Å². The molecule has 3 rings (SSSR count). The Bertz CT molecular complexity index is 843. The van der Waals surface area contributed by atoms with Crippen molar-refractivity contribution in [1.29, 1.82) is 0 Å². The van der Waals surface area contributed by atoms with E-state index in [1.165, 1.54) is 10.0 Å². The first-order valence-electron chi connectivity index (χ1n) is 7.82. The molecule has 0 atom stereocenters. The second-order valence-electron chi connectivity index (χ2n) is 5.83. The van der Waals surface area contributed by atoms with Crippen LogP contribution in [0.3, 0.4) is 0 Å². The van der Waals surface area contributed by atoms with Gasteiger partial charge in [0.1, 0.15) is 0 Å². The fraction of sp³-hybridized carbons (Fsp3) is 0.263. The van der Waals surface area contributed by atoms with Gasteiger partial charge in [0.25, 0.3) is 0 Å². The van der Waals surface area contributed by atoms with E-state index in [0.717, 1.165) is 32.5 Å². The molecule has 128 valence electrons. The van der Waals surface area contributed by atoms with Crippen LogP contribution in [0.4, 0.5) is 0 Å². The number of nitrogens with zero attached hydrogens (tertiary/aromatic N) is 1. The topological polar surface area (TPSA) is 37.4 Å². The van der Waals surface area contributed by atoms with Gasteiger partial charge in [0.05, 0.1) is 0 Å². The van der Waals surface area contributed by atoms with E-state index in [1.807, 2.05) is 6.07 Å². The average Bonchev–Trinajstić information content (AvgIpc) is 2.63. The summed E-state index contributed by atoms with van der Waals surface area (Å²) < 4.78 is 28.6. The average molecular weight is 383 g/mol. The third kappa shape index (κ3) is 3.50. The van der Waals surface area contributed by atoms with Crippen molar-refractivity contribution in [3.05, 3.63) is 65.7 Å². The van der Waals surface area contributed by atoms with Crippen LogP contribution >= 0.6 is 0 Å². The van der Waals surface area contributed by atoms with Gasteiger partial charge in [-0.25, -0.2) is 0 Å². The molecule has 0 aromatic heterocycles. The molecule has 0 unspecified atom stereocenters. The fourth-order valence-electron chi connectivity index (χ4n) is 2.88. The van der Waals surface area contributed by atoms with Crippen LogP contribution in [0.5, 0.6) is 0 Å². The van der Waals surface area contributed by atoms with E-state index in [9.17, 15) is 8.42 Å². The monoisotopic (exact) mass is 383 g/mol. The molecular formula is C19H21FeNO2S. The molecule has 0 amide bonds. The molecule has 3 nitrogen and oxygen atoms in total. The first kappa shape index (κ1) is 17.4. The molecule has 0 bridgehead atoms. The Labute approximate surface area is 150 Å². The molecule has 2 aromatic rings. The van der Waals surface area contributed by atoms with E-state index in [1.54, 1.807) is 28.6 Å². The number of hydrogen-bond acceptors (Lipinski definition) is 2. The predicted octanol–water partition coefficient (Wildman–Crippen LogP) is 3.31. The predicted molar refractivity (Wildman–Crippen MR) is 94.4 cm³/mol. The molecule has 5 heteroatoms. The summed E-state index contributed by atoms with van der Waals surface area (Å²) in [6.45, 7) is 3.09. The van der Waals surface area contributed by atoms with Gasteiger partial charge in [0.2, 0.25) is 0 Å². The summed E-state index contributed by atoms with van der Waals surface area (Å²) >= 11 is 1.01. The second-order valence-corrected chi connectivity index (χ2v) is 8.96. The fourth-order valence-corrected chi connectivity index (χ4v) is 4.86.